The Labute approximate surface area is 181 Å². The standard InChI is InChI=1S/C23H16INO4/c24-23-13-12-22(28-23)20-14-19(29-25-20)15-27-18-9-7-17(8-10-18)21(26)11-6-16-4-2-1-3-5-16/h1-14H,15H2/b11-6+. The third kappa shape index (κ3) is 5.03. The maximum atomic E-state index is 12.3. The van der Waals surface area contributed by atoms with Crippen molar-refractivity contribution in [1.29, 1.82) is 0 Å². The van der Waals surface area contributed by atoms with Gasteiger partial charge in [0.25, 0.3) is 0 Å². The largest absolute Gasteiger partial charge is 0.486 e. The molecule has 4 rings (SSSR count). The number of allylic oxidation sites excluding steroid dienone is 1. The summed E-state index contributed by atoms with van der Waals surface area (Å²) >= 11 is 2.10. The molecular formula is C23H16INO4. The van der Waals surface area contributed by atoms with Crippen LogP contribution in [-0.4, -0.2) is 10.9 Å². The summed E-state index contributed by atoms with van der Waals surface area (Å²) in [5.74, 6) is 1.81. The molecule has 144 valence electrons. The number of nitrogens with zero attached hydrogens (tertiary/aromatic N) is 1. The predicted molar refractivity (Wildman–Crippen MR) is 118 cm³/mol. The first-order valence-corrected chi connectivity index (χ1v) is 9.97. The van der Waals surface area contributed by atoms with Crippen LogP contribution < -0.4 is 4.74 Å². The Bertz CT molecular complexity index is 1130. The van der Waals surface area contributed by atoms with Crippen molar-refractivity contribution in [3.8, 4) is 17.2 Å². The molecule has 2 aromatic heterocycles. The summed E-state index contributed by atoms with van der Waals surface area (Å²) in [7, 11) is 0. The van der Waals surface area contributed by atoms with Crippen molar-refractivity contribution in [2.24, 2.45) is 0 Å². The highest BCUT2D eigenvalue weighted by Gasteiger charge is 2.11. The fourth-order valence-electron chi connectivity index (χ4n) is 2.65. The van der Waals surface area contributed by atoms with E-state index in [1.54, 1.807) is 42.5 Å². The average Bonchev–Trinajstić information content (AvgIpc) is 3.40. The van der Waals surface area contributed by atoms with Crippen LogP contribution in [0.1, 0.15) is 21.7 Å². The molecule has 0 saturated heterocycles. The van der Waals surface area contributed by atoms with Gasteiger partial charge in [-0.25, -0.2) is 0 Å². The van der Waals surface area contributed by atoms with Gasteiger partial charge in [0.1, 0.15) is 18.1 Å². The number of hydrogen-bond acceptors (Lipinski definition) is 5. The number of hydrogen-bond donors (Lipinski definition) is 0. The zero-order valence-corrected chi connectivity index (χ0v) is 17.4. The van der Waals surface area contributed by atoms with Crippen LogP contribution in [0.2, 0.25) is 0 Å². The third-order valence-corrected chi connectivity index (χ3v) is 4.71. The number of carbonyl (C=O) groups is 1. The van der Waals surface area contributed by atoms with Crippen molar-refractivity contribution < 1.29 is 18.5 Å². The molecule has 0 N–H and O–H groups in total. The minimum Gasteiger partial charge on any atom is -0.486 e. The topological polar surface area (TPSA) is 65.5 Å². The quantitative estimate of drug-likeness (QED) is 0.178. The Morgan fingerprint density at radius 1 is 1.03 bits per heavy atom. The summed E-state index contributed by atoms with van der Waals surface area (Å²) < 4.78 is 17.3. The molecule has 0 fully saturated rings. The van der Waals surface area contributed by atoms with Crippen LogP contribution in [0, 0.1) is 3.77 Å². The normalized spacial score (nSPS) is 11.1. The fraction of sp³-hybridized carbons (Fsp3) is 0.0435. The van der Waals surface area contributed by atoms with Crippen molar-refractivity contribution in [3.63, 3.8) is 0 Å². The Balaban J connectivity index is 1.34. The molecule has 0 unspecified atom stereocenters. The summed E-state index contributed by atoms with van der Waals surface area (Å²) in [6, 6.07) is 22.2. The summed E-state index contributed by atoms with van der Waals surface area (Å²) in [5.41, 5.74) is 2.20. The maximum absolute atomic E-state index is 12.3. The highest BCUT2D eigenvalue weighted by Crippen LogP contribution is 2.23. The van der Waals surface area contributed by atoms with Gasteiger partial charge in [-0.2, -0.15) is 0 Å². The lowest BCUT2D eigenvalue weighted by molar-refractivity contribution is 0.104. The van der Waals surface area contributed by atoms with Gasteiger partial charge in [0.05, 0.1) is 0 Å². The lowest BCUT2D eigenvalue weighted by atomic mass is 10.1. The molecule has 0 amide bonds. The molecule has 0 bridgehead atoms. The molecule has 0 aliphatic carbocycles. The van der Waals surface area contributed by atoms with Crippen molar-refractivity contribution in [3.05, 3.63) is 99.5 Å². The van der Waals surface area contributed by atoms with Crippen LogP contribution in [0.5, 0.6) is 5.75 Å². The number of ether oxygens (including phenoxy) is 1. The van der Waals surface area contributed by atoms with Gasteiger partial charge in [-0.1, -0.05) is 41.6 Å². The second kappa shape index (κ2) is 8.91. The predicted octanol–water partition coefficient (Wildman–Crippen LogP) is 6.01. The average molecular weight is 497 g/mol. The van der Waals surface area contributed by atoms with Crippen LogP contribution in [0.4, 0.5) is 0 Å². The minimum atomic E-state index is -0.0617. The van der Waals surface area contributed by atoms with Gasteiger partial charge in [0, 0.05) is 11.6 Å². The molecule has 0 aliphatic rings. The van der Waals surface area contributed by atoms with Crippen LogP contribution in [0.3, 0.4) is 0 Å². The zero-order chi connectivity index (χ0) is 20.1. The van der Waals surface area contributed by atoms with Gasteiger partial charge < -0.3 is 13.7 Å². The molecule has 0 atom stereocenters. The van der Waals surface area contributed by atoms with E-state index in [1.165, 1.54) is 0 Å². The van der Waals surface area contributed by atoms with Crippen molar-refractivity contribution in [2.75, 3.05) is 0 Å². The van der Waals surface area contributed by atoms with E-state index in [0.29, 0.717) is 28.5 Å². The highest BCUT2D eigenvalue weighted by atomic mass is 127. The van der Waals surface area contributed by atoms with Crippen LogP contribution >= 0.6 is 22.6 Å². The molecule has 4 aromatic rings. The van der Waals surface area contributed by atoms with Gasteiger partial charge in [-0.3, -0.25) is 4.79 Å². The molecule has 0 spiro atoms. The summed E-state index contributed by atoms with van der Waals surface area (Å²) in [4.78, 5) is 12.3. The van der Waals surface area contributed by atoms with Crippen molar-refractivity contribution >= 4 is 34.5 Å². The van der Waals surface area contributed by atoms with Gasteiger partial charge in [0.15, 0.2) is 21.1 Å². The van der Waals surface area contributed by atoms with E-state index in [2.05, 4.69) is 27.7 Å². The first-order chi connectivity index (χ1) is 14.2. The number of ketones is 1. The molecule has 2 aromatic carbocycles. The molecule has 2 heterocycles. The number of rotatable bonds is 7. The van der Waals surface area contributed by atoms with E-state index < -0.39 is 0 Å². The molecule has 5 nitrogen and oxygen atoms in total. The Kier molecular flexibility index (Phi) is 5.90. The summed E-state index contributed by atoms with van der Waals surface area (Å²) in [5, 5.41) is 3.99. The van der Waals surface area contributed by atoms with E-state index in [1.807, 2.05) is 42.5 Å². The Morgan fingerprint density at radius 2 is 1.83 bits per heavy atom. The first kappa shape index (κ1) is 19.2. The molecule has 0 saturated carbocycles. The lowest BCUT2D eigenvalue weighted by Gasteiger charge is -2.04. The minimum absolute atomic E-state index is 0.0617. The van der Waals surface area contributed by atoms with Gasteiger partial charge in [-0.15, -0.1) is 0 Å². The third-order valence-electron chi connectivity index (χ3n) is 4.13. The van der Waals surface area contributed by atoms with Gasteiger partial charge >= 0.3 is 0 Å². The second-order valence-corrected chi connectivity index (χ2v) is 7.27. The van der Waals surface area contributed by atoms with E-state index >= 15 is 0 Å². The molecule has 29 heavy (non-hydrogen) atoms. The van der Waals surface area contributed by atoms with E-state index in [-0.39, 0.29) is 12.4 Å². The highest BCUT2D eigenvalue weighted by molar-refractivity contribution is 14.1. The Hall–Kier alpha value is -3.13. The molecule has 0 radical (unpaired) electrons. The summed E-state index contributed by atoms with van der Waals surface area (Å²) in [6.45, 7) is 0.228. The fourth-order valence-corrected chi connectivity index (χ4v) is 3.07. The van der Waals surface area contributed by atoms with Crippen LogP contribution in [0.25, 0.3) is 17.5 Å². The number of carbonyl (C=O) groups excluding carboxylic acids is 1. The van der Waals surface area contributed by atoms with Gasteiger partial charge in [-0.05, 0) is 70.6 Å². The SMILES string of the molecule is O=C(/C=C/c1ccccc1)c1ccc(OCc2cc(-c3ccc(I)o3)no2)cc1. The van der Waals surface area contributed by atoms with E-state index in [0.717, 1.165) is 9.33 Å². The molecule has 0 aliphatic heterocycles. The zero-order valence-electron chi connectivity index (χ0n) is 15.2. The Morgan fingerprint density at radius 3 is 2.55 bits per heavy atom. The second-order valence-electron chi connectivity index (χ2n) is 6.20. The number of benzene rings is 2. The number of halogens is 1. The number of furan rings is 1. The van der Waals surface area contributed by atoms with Crippen molar-refractivity contribution in [1.82, 2.24) is 5.16 Å². The smallest absolute Gasteiger partial charge is 0.185 e. The van der Waals surface area contributed by atoms with Crippen LogP contribution in [-0.2, 0) is 6.61 Å². The van der Waals surface area contributed by atoms with E-state index in [9.17, 15) is 4.79 Å². The first-order valence-electron chi connectivity index (χ1n) is 8.89. The summed E-state index contributed by atoms with van der Waals surface area (Å²) in [6.07, 6.45) is 3.37. The van der Waals surface area contributed by atoms with E-state index in [4.69, 9.17) is 13.7 Å². The van der Waals surface area contributed by atoms with Crippen LogP contribution in [0.15, 0.2) is 87.8 Å². The monoisotopic (exact) mass is 497 g/mol. The number of aromatic nitrogens is 1. The molecule has 6 heteroatoms. The lowest BCUT2D eigenvalue weighted by Crippen LogP contribution is -1.96. The van der Waals surface area contributed by atoms with Crippen molar-refractivity contribution in [2.45, 2.75) is 6.61 Å². The molecular weight excluding hydrogens is 481 g/mol. The maximum Gasteiger partial charge on any atom is 0.185 e. The van der Waals surface area contributed by atoms with Gasteiger partial charge in [0.2, 0.25) is 0 Å².